The molecule has 164 valence electrons. The van der Waals surface area contributed by atoms with Crippen molar-refractivity contribution in [1.82, 2.24) is 20.0 Å². The Morgan fingerprint density at radius 3 is 2.53 bits per heavy atom. The summed E-state index contributed by atoms with van der Waals surface area (Å²) in [4.78, 5) is 31.7. The highest BCUT2D eigenvalue weighted by Crippen LogP contribution is 2.29. The molecule has 1 N–H and O–H groups in total. The lowest BCUT2D eigenvalue weighted by molar-refractivity contribution is -0.131. The Morgan fingerprint density at radius 2 is 1.67 bits per heavy atom. The first-order valence-corrected chi connectivity index (χ1v) is 11.8. The van der Waals surface area contributed by atoms with Crippen LogP contribution < -0.4 is 5.32 Å². The minimum atomic E-state index is 0.155. The zero-order valence-electron chi connectivity index (χ0n) is 18.2. The number of rotatable bonds is 6. The molecule has 1 aliphatic carbocycles. The summed E-state index contributed by atoms with van der Waals surface area (Å²) in [5.41, 5.74) is 2.68. The fourth-order valence-electron chi connectivity index (χ4n) is 5.09. The number of nitrogens with zero attached hydrogens (tertiary/aromatic N) is 3. The van der Waals surface area contributed by atoms with Crippen LogP contribution in [0.1, 0.15) is 55.7 Å². The molecule has 0 saturated carbocycles. The van der Waals surface area contributed by atoms with Crippen molar-refractivity contribution in [3.63, 3.8) is 0 Å². The van der Waals surface area contributed by atoms with E-state index < -0.39 is 0 Å². The quantitative estimate of drug-likeness (QED) is 0.778. The van der Waals surface area contributed by atoms with Gasteiger partial charge >= 0.3 is 0 Å². The lowest BCUT2D eigenvalue weighted by Gasteiger charge is -2.27. The predicted molar refractivity (Wildman–Crippen MR) is 118 cm³/mol. The molecule has 2 aliphatic heterocycles. The van der Waals surface area contributed by atoms with Gasteiger partial charge < -0.3 is 15.1 Å². The molecule has 0 bridgehead atoms. The molecule has 2 amide bonds. The van der Waals surface area contributed by atoms with Crippen molar-refractivity contribution < 1.29 is 9.59 Å². The smallest absolute Gasteiger partial charge is 0.236 e. The molecule has 30 heavy (non-hydrogen) atoms. The van der Waals surface area contributed by atoms with Crippen LogP contribution in [-0.4, -0.2) is 78.9 Å². The number of nitrogens with one attached hydrogen (secondary N) is 1. The van der Waals surface area contributed by atoms with E-state index in [1.54, 1.807) is 0 Å². The highest BCUT2D eigenvalue weighted by molar-refractivity contribution is 5.78. The van der Waals surface area contributed by atoms with Crippen LogP contribution >= 0.6 is 0 Å². The Balaban J connectivity index is 1.19. The van der Waals surface area contributed by atoms with Gasteiger partial charge in [0.1, 0.15) is 0 Å². The number of carbonyl (C=O) groups excluding carboxylic acids is 2. The molecule has 1 aromatic rings. The lowest BCUT2D eigenvalue weighted by Crippen LogP contribution is -2.40. The van der Waals surface area contributed by atoms with E-state index in [9.17, 15) is 9.59 Å². The van der Waals surface area contributed by atoms with Crippen LogP contribution in [0.15, 0.2) is 24.3 Å². The van der Waals surface area contributed by atoms with E-state index in [-0.39, 0.29) is 17.9 Å². The maximum absolute atomic E-state index is 12.6. The van der Waals surface area contributed by atoms with Crippen molar-refractivity contribution in [1.29, 1.82) is 0 Å². The Hall–Kier alpha value is -1.92. The number of likely N-dealkylation sites (tertiary alicyclic amines) is 1. The molecule has 0 spiro atoms. The van der Waals surface area contributed by atoms with Crippen molar-refractivity contribution in [2.45, 2.75) is 51.0 Å². The number of amides is 2. The number of aryl methyl sites for hydroxylation is 1. The van der Waals surface area contributed by atoms with E-state index in [4.69, 9.17) is 0 Å². The summed E-state index contributed by atoms with van der Waals surface area (Å²) in [6.07, 6.45) is 7.19. The lowest BCUT2D eigenvalue weighted by atomic mass is 9.87. The summed E-state index contributed by atoms with van der Waals surface area (Å²) in [5, 5.41) is 3.27. The van der Waals surface area contributed by atoms with Crippen LogP contribution in [0, 0.1) is 0 Å². The first kappa shape index (κ1) is 21.3. The van der Waals surface area contributed by atoms with Gasteiger partial charge in [0.05, 0.1) is 12.6 Å². The third-order valence-electron chi connectivity index (χ3n) is 6.86. The zero-order valence-corrected chi connectivity index (χ0v) is 18.2. The fourth-order valence-corrected chi connectivity index (χ4v) is 5.09. The van der Waals surface area contributed by atoms with Crippen LogP contribution in [0.2, 0.25) is 0 Å². The number of carbonyl (C=O) groups is 2. The molecule has 6 heteroatoms. The van der Waals surface area contributed by atoms with E-state index in [1.807, 2.05) is 4.90 Å². The predicted octanol–water partition coefficient (Wildman–Crippen LogP) is 2.20. The van der Waals surface area contributed by atoms with E-state index in [2.05, 4.69) is 39.4 Å². The largest absolute Gasteiger partial charge is 0.349 e. The molecule has 2 saturated heterocycles. The molecule has 2 fully saturated rings. The molecule has 1 aromatic carbocycles. The average molecular weight is 413 g/mol. The fraction of sp³-hybridized carbons (Fsp3) is 0.667. The molecule has 1 atom stereocenters. The normalized spacial score (nSPS) is 23.1. The Labute approximate surface area is 180 Å². The number of fused-ring (bicyclic) bond motifs is 1. The summed E-state index contributed by atoms with van der Waals surface area (Å²) in [6, 6.07) is 8.67. The van der Waals surface area contributed by atoms with Crippen LogP contribution in [0.5, 0.6) is 0 Å². The molecule has 1 unspecified atom stereocenters. The minimum absolute atomic E-state index is 0.155. The standard InChI is InChI=1S/C24H36N4O2/c29-23(25-22-10-5-8-20-7-1-2-9-21(20)22)11-16-26-12-6-13-27(18-17-26)19-24(30)28-14-3-4-15-28/h1-2,7,9,22H,3-6,8,10-19H2,(H,25,29). The van der Waals surface area contributed by atoms with Gasteiger partial charge in [-0.05, 0) is 62.7 Å². The Kier molecular flexibility index (Phi) is 7.39. The van der Waals surface area contributed by atoms with Crippen LogP contribution in [0.3, 0.4) is 0 Å². The number of hydrogen-bond donors (Lipinski definition) is 1. The summed E-state index contributed by atoms with van der Waals surface area (Å²) in [7, 11) is 0. The SMILES string of the molecule is O=C(CCN1CCCN(CC(=O)N2CCCC2)CC1)NC1CCCc2ccccc21. The van der Waals surface area contributed by atoms with Crippen LogP contribution in [0.25, 0.3) is 0 Å². The van der Waals surface area contributed by atoms with Crippen molar-refractivity contribution >= 4 is 11.8 Å². The molecular formula is C24H36N4O2. The molecule has 6 nitrogen and oxygen atoms in total. The summed E-state index contributed by atoms with van der Waals surface area (Å²) >= 11 is 0. The summed E-state index contributed by atoms with van der Waals surface area (Å²) in [5.74, 6) is 0.440. The second-order valence-corrected chi connectivity index (χ2v) is 9.02. The first-order chi connectivity index (χ1) is 14.7. The maximum atomic E-state index is 12.6. The Morgan fingerprint density at radius 1 is 0.900 bits per heavy atom. The number of benzene rings is 1. The van der Waals surface area contributed by atoms with Gasteiger partial charge in [-0.1, -0.05) is 24.3 Å². The van der Waals surface area contributed by atoms with Crippen molar-refractivity contribution in [2.75, 3.05) is 52.4 Å². The highest BCUT2D eigenvalue weighted by Gasteiger charge is 2.24. The molecular weight excluding hydrogens is 376 g/mol. The molecule has 0 radical (unpaired) electrons. The molecule has 2 heterocycles. The molecule has 4 rings (SSSR count). The summed E-state index contributed by atoms with van der Waals surface area (Å²) in [6.45, 7) is 7.04. The van der Waals surface area contributed by atoms with Gasteiger partial charge in [-0.2, -0.15) is 0 Å². The van der Waals surface area contributed by atoms with Gasteiger partial charge in [-0.15, -0.1) is 0 Å². The van der Waals surface area contributed by atoms with Crippen molar-refractivity contribution in [3.05, 3.63) is 35.4 Å². The highest BCUT2D eigenvalue weighted by atomic mass is 16.2. The van der Waals surface area contributed by atoms with Gasteiger partial charge in [-0.25, -0.2) is 0 Å². The van der Waals surface area contributed by atoms with E-state index in [0.717, 1.165) is 84.3 Å². The maximum Gasteiger partial charge on any atom is 0.236 e. The van der Waals surface area contributed by atoms with E-state index in [1.165, 1.54) is 11.1 Å². The molecule has 0 aromatic heterocycles. The Bertz CT molecular complexity index is 732. The monoisotopic (exact) mass is 412 g/mol. The van der Waals surface area contributed by atoms with Gasteiger partial charge in [-0.3, -0.25) is 14.5 Å². The van der Waals surface area contributed by atoms with Crippen LogP contribution in [-0.2, 0) is 16.0 Å². The van der Waals surface area contributed by atoms with Crippen molar-refractivity contribution in [3.8, 4) is 0 Å². The van der Waals surface area contributed by atoms with E-state index in [0.29, 0.717) is 13.0 Å². The van der Waals surface area contributed by atoms with Gasteiger partial charge in [0.15, 0.2) is 0 Å². The minimum Gasteiger partial charge on any atom is -0.349 e. The van der Waals surface area contributed by atoms with Gasteiger partial charge in [0.25, 0.3) is 0 Å². The van der Waals surface area contributed by atoms with Gasteiger partial charge in [0, 0.05) is 39.1 Å². The average Bonchev–Trinajstić information content (AvgIpc) is 3.21. The molecule has 3 aliphatic rings. The van der Waals surface area contributed by atoms with Gasteiger partial charge in [0.2, 0.25) is 11.8 Å². The van der Waals surface area contributed by atoms with Crippen molar-refractivity contribution in [2.24, 2.45) is 0 Å². The van der Waals surface area contributed by atoms with Crippen LogP contribution in [0.4, 0.5) is 0 Å². The number of hydrogen-bond acceptors (Lipinski definition) is 4. The topological polar surface area (TPSA) is 55.9 Å². The second kappa shape index (κ2) is 10.4. The first-order valence-electron chi connectivity index (χ1n) is 11.8. The second-order valence-electron chi connectivity index (χ2n) is 9.02. The summed E-state index contributed by atoms with van der Waals surface area (Å²) < 4.78 is 0. The van der Waals surface area contributed by atoms with E-state index >= 15 is 0 Å². The third kappa shape index (κ3) is 5.61. The third-order valence-corrected chi connectivity index (χ3v) is 6.86. The zero-order chi connectivity index (χ0) is 20.8.